The van der Waals surface area contributed by atoms with E-state index in [0.29, 0.717) is 19.4 Å². The number of thiol groups is 2. The van der Waals surface area contributed by atoms with Gasteiger partial charge in [-0.05, 0) is 0 Å². The minimum atomic E-state index is -0.165. The van der Waals surface area contributed by atoms with Crippen LogP contribution in [0.25, 0.3) is 0 Å². The first-order chi connectivity index (χ1) is 4.66. The standard InChI is InChI=1S/C6H12O2S2/c1-2-5(7)8-4-3-6(9)10/h6,9-10H,2-4H2,1H3. The number of carbonyl (C=O) groups excluding carboxylic acids is 1. The van der Waals surface area contributed by atoms with Crippen molar-refractivity contribution in [2.45, 2.75) is 24.3 Å². The SMILES string of the molecule is CCC(=O)OCCC(S)S. The second kappa shape index (κ2) is 5.92. The van der Waals surface area contributed by atoms with E-state index in [9.17, 15) is 4.79 Å². The molecule has 0 aliphatic rings. The molecule has 0 saturated carbocycles. The molecule has 10 heavy (non-hydrogen) atoms. The molecule has 0 rings (SSSR count). The molecule has 0 heterocycles. The fourth-order valence-corrected chi connectivity index (χ4v) is 0.591. The van der Waals surface area contributed by atoms with Crippen molar-refractivity contribution in [1.82, 2.24) is 0 Å². The van der Waals surface area contributed by atoms with Crippen molar-refractivity contribution in [1.29, 1.82) is 0 Å². The van der Waals surface area contributed by atoms with Crippen molar-refractivity contribution in [3.63, 3.8) is 0 Å². The van der Waals surface area contributed by atoms with Crippen molar-refractivity contribution in [3.8, 4) is 0 Å². The highest BCUT2D eigenvalue weighted by Crippen LogP contribution is 2.04. The van der Waals surface area contributed by atoms with Gasteiger partial charge >= 0.3 is 5.97 Å². The molecule has 0 unspecified atom stereocenters. The van der Waals surface area contributed by atoms with Crippen LogP contribution in [0.15, 0.2) is 0 Å². The molecule has 0 aromatic heterocycles. The van der Waals surface area contributed by atoms with Crippen LogP contribution in [-0.4, -0.2) is 17.2 Å². The molecule has 0 N–H and O–H groups in total. The Morgan fingerprint density at radius 3 is 2.60 bits per heavy atom. The first-order valence-electron chi connectivity index (χ1n) is 3.18. The molecule has 0 aromatic rings. The normalized spacial score (nSPS) is 10.0. The molecule has 0 aliphatic heterocycles. The third-order valence-electron chi connectivity index (χ3n) is 0.928. The zero-order valence-electron chi connectivity index (χ0n) is 5.91. The smallest absolute Gasteiger partial charge is 0.305 e. The number of hydrogen-bond donors (Lipinski definition) is 2. The van der Waals surface area contributed by atoms with Gasteiger partial charge in [-0.25, -0.2) is 0 Å². The van der Waals surface area contributed by atoms with Crippen LogP contribution in [0.4, 0.5) is 0 Å². The van der Waals surface area contributed by atoms with E-state index < -0.39 is 0 Å². The Bertz CT molecular complexity index is 104. The van der Waals surface area contributed by atoms with Crippen LogP contribution in [0.1, 0.15) is 19.8 Å². The van der Waals surface area contributed by atoms with Crippen LogP contribution in [0.5, 0.6) is 0 Å². The number of hydrogen-bond acceptors (Lipinski definition) is 4. The first-order valence-corrected chi connectivity index (χ1v) is 4.22. The Balaban J connectivity index is 3.12. The van der Waals surface area contributed by atoms with E-state index in [2.05, 4.69) is 25.3 Å². The van der Waals surface area contributed by atoms with Gasteiger partial charge in [-0.1, -0.05) is 6.92 Å². The van der Waals surface area contributed by atoms with Gasteiger partial charge in [-0.15, -0.1) is 0 Å². The van der Waals surface area contributed by atoms with Gasteiger partial charge in [-0.2, -0.15) is 25.3 Å². The number of carbonyl (C=O) groups is 1. The Morgan fingerprint density at radius 2 is 2.20 bits per heavy atom. The van der Waals surface area contributed by atoms with Crippen molar-refractivity contribution >= 4 is 31.2 Å². The summed E-state index contributed by atoms with van der Waals surface area (Å²) in [6.45, 7) is 2.19. The third kappa shape index (κ3) is 6.29. The second-order valence-corrected chi connectivity index (χ2v) is 3.50. The van der Waals surface area contributed by atoms with E-state index in [0.717, 1.165) is 0 Å². The number of esters is 1. The summed E-state index contributed by atoms with van der Waals surface area (Å²) < 4.78 is 4.77. The quantitative estimate of drug-likeness (QED) is 0.390. The zero-order chi connectivity index (χ0) is 7.98. The molecule has 0 amide bonds. The monoisotopic (exact) mass is 180 g/mol. The molecule has 0 atom stereocenters. The van der Waals surface area contributed by atoms with Gasteiger partial charge in [0, 0.05) is 17.4 Å². The minimum Gasteiger partial charge on any atom is -0.466 e. The molecular weight excluding hydrogens is 168 g/mol. The molecule has 0 spiro atoms. The van der Waals surface area contributed by atoms with Gasteiger partial charge < -0.3 is 4.74 Å². The second-order valence-electron chi connectivity index (χ2n) is 1.84. The summed E-state index contributed by atoms with van der Waals surface area (Å²) in [6.07, 6.45) is 1.13. The van der Waals surface area contributed by atoms with Crippen LogP contribution in [0.2, 0.25) is 0 Å². The predicted octanol–water partition coefficient (Wildman–Crippen LogP) is 1.52. The van der Waals surface area contributed by atoms with E-state index in [4.69, 9.17) is 4.74 Å². The van der Waals surface area contributed by atoms with E-state index >= 15 is 0 Å². The van der Waals surface area contributed by atoms with Crippen molar-refractivity contribution < 1.29 is 9.53 Å². The predicted molar refractivity (Wildman–Crippen MR) is 47.6 cm³/mol. The molecule has 0 bridgehead atoms. The Hall–Kier alpha value is 0.170. The fraction of sp³-hybridized carbons (Fsp3) is 0.833. The van der Waals surface area contributed by atoms with E-state index in [1.807, 2.05) is 0 Å². The highest BCUT2D eigenvalue weighted by molar-refractivity contribution is 7.99. The fourth-order valence-electron chi connectivity index (χ4n) is 0.380. The van der Waals surface area contributed by atoms with Gasteiger partial charge in [0.25, 0.3) is 0 Å². The van der Waals surface area contributed by atoms with Crippen molar-refractivity contribution in [2.24, 2.45) is 0 Å². The molecule has 0 saturated heterocycles. The average molecular weight is 180 g/mol. The van der Waals surface area contributed by atoms with Gasteiger partial charge in [-0.3, -0.25) is 4.79 Å². The van der Waals surface area contributed by atoms with E-state index in [1.165, 1.54) is 0 Å². The van der Waals surface area contributed by atoms with Crippen LogP contribution in [0, 0.1) is 0 Å². The summed E-state index contributed by atoms with van der Waals surface area (Å²) in [6, 6.07) is 0. The van der Waals surface area contributed by atoms with Gasteiger partial charge in [0.2, 0.25) is 0 Å². The molecular formula is C6H12O2S2. The molecule has 2 nitrogen and oxygen atoms in total. The molecule has 60 valence electrons. The lowest BCUT2D eigenvalue weighted by Crippen LogP contribution is -2.05. The third-order valence-corrected chi connectivity index (χ3v) is 1.44. The highest BCUT2D eigenvalue weighted by atomic mass is 32.2. The lowest BCUT2D eigenvalue weighted by molar-refractivity contribution is -0.143. The first kappa shape index (κ1) is 10.2. The maximum atomic E-state index is 10.5. The van der Waals surface area contributed by atoms with Crippen LogP contribution in [0.3, 0.4) is 0 Å². The molecule has 0 fully saturated rings. The van der Waals surface area contributed by atoms with E-state index in [1.54, 1.807) is 6.92 Å². The Kier molecular flexibility index (Phi) is 6.02. The summed E-state index contributed by atoms with van der Waals surface area (Å²) in [5, 5.41) is 0. The van der Waals surface area contributed by atoms with Gasteiger partial charge in [0.05, 0.1) is 6.61 Å². The summed E-state index contributed by atoms with van der Waals surface area (Å²) in [4.78, 5) is 10.5. The van der Waals surface area contributed by atoms with Crippen LogP contribution in [-0.2, 0) is 9.53 Å². The number of ether oxygens (including phenoxy) is 1. The van der Waals surface area contributed by atoms with Crippen molar-refractivity contribution in [3.05, 3.63) is 0 Å². The lowest BCUT2D eigenvalue weighted by Gasteiger charge is -2.03. The molecule has 0 radical (unpaired) electrons. The van der Waals surface area contributed by atoms with Crippen molar-refractivity contribution in [2.75, 3.05) is 6.61 Å². The Morgan fingerprint density at radius 1 is 1.60 bits per heavy atom. The summed E-state index contributed by atoms with van der Waals surface area (Å²) in [7, 11) is 0. The molecule has 0 aliphatic carbocycles. The average Bonchev–Trinajstić information content (AvgIpc) is 1.87. The van der Waals surface area contributed by atoms with Gasteiger partial charge in [0.15, 0.2) is 0 Å². The lowest BCUT2D eigenvalue weighted by atomic mass is 10.5. The summed E-state index contributed by atoms with van der Waals surface area (Å²) in [5.41, 5.74) is 0. The van der Waals surface area contributed by atoms with Crippen LogP contribution >= 0.6 is 25.3 Å². The minimum absolute atomic E-state index is 0.00431. The maximum Gasteiger partial charge on any atom is 0.305 e. The summed E-state index contributed by atoms with van der Waals surface area (Å²) in [5.74, 6) is -0.165. The topological polar surface area (TPSA) is 26.3 Å². The number of rotatable bonds is 4. The zero-order valence-corrected chi connectivity index (χ0v) is 7.70. The van der Waals surface area contributed by atoms with Gasteiger partial charge in [0.1, 0.15) is 0 Å². The Labute approximate surface area is 72.1 Å². The largest absolute Gasteiger partial charge is 0.466 e. The van der Waals surface area contributed by atoms with Crippen LogP contribution < -0.4 is 0 Å². The van der Waals surface area contributed by atoms with E-state index in [-0.39, 0.29) is 10.6 Å². The molecule has 0 aromatic carbocycles. The maximum absolute atomic E-state index is 10.5. The molecule has 4 heteroatoms. The highest BCUT2D eigenvalue weighted by Gasteiger charge is 1.99. The summed E-state index contributed by atoms with van der Waals surface area (Å²) >= 11 is 8.01.